The molecule has 0 bridgehead atoms. The number of rotatable bonds is 7. The summed E-state index contributed by atoms with van der Waals surface area (Å²) in [6.45, 7) is 0.323. The van der Waals surface area contributed by atoms with Crippen molar-refractivity contribution < 1.29 is 18.7 Å². The van der Waals surface area contributed by atoms with Crippen LogP contribution in [0.15, 0.2) is 54.7 Å². The van der Waals surface area contributed by atoms with E-state index >= 15 is 0 Å². The number of aldehydes is 1. The lowest BCUT2D eigenvalue weighted by Crippen LogP contribution is -2.14. The second-order valence-electron chi connectivity index (χ2n) is 5.80. The molecule has 0 amide bonds. The highest BCUT2D eigenvalue weighted by atomic mass is 19.1. The van der Waals surface area contributed by atoms with Crippen LogP contribution in [0.3, 0.4) is 0 Å². The number of hydrogen-bond donors (Lipinski definition) is 0. The van der Waals surface area contributed by atoms with E-state index in [4.69, 9.17) is 4.74 Å². The number of carbonyl (C=O) groups excluding carboxylic acids is 2. The van der Waals surface area contributed by atoms with Gasteiger partial charge in [-0.1, -0.05) is 30.3 Å². The molecule has 0 fully saturated rings. The summed E-state index contributed by atoms with van der Waals surface area (Å²) in [4.78, 5) is 23.2. The fraction of sp³-hybridized carbons (Fsp3) is 0.200. The van der Waals surface area contributed by atoms with Gasteiger partial charge in [-0.2, -0.15) is 0 Å². The first-order valence-corrected chi connectivity index (χ1v) is 8.10. The van der Waals surface area contributed by atoms with E-state index < -0.39 is 5.82 Å². The molecule has 3 rings (SSSR count). The highest BCUT2D eigenvalue weighted by Crippen LogP contribution is 2.21. The Hall–Kier alpha value is -2.95. The van der Waals surface area contributed by atoms with Crippen molar-refractivity contribution in [2.24, 2.45) is 0 Å². The summed E-state index contributed by atoms with van der Waals surface area (Å²) >= 11 is 0. The van der Waals surface area contributed by atoms with Gasteiger partial charge in [0.15, 0.2) is 6.29 Å². The number of halogens is 1. The third kappa shape index (κ3) is 4.12. The molecule has 4 nitrogen and oxygen atoms in total. The number of fused-ring (bicyclic) bond motifs is 1. The Labute approximate surface area is 144 Å². The van der Waals surface area contributed by atoms with Crippen LogP contribution in [0.1, 0.15) is 22.3 Å². The quantitative estimate of drug-likeness (QED) is 0.374. The zero-order valence-electron chi connectivity index (χ0n) is 13.7. The molecule has 25 heavy (non-hydrogen) atoms. The molecular formula is C20H18FNO3. The van der Waals surface area contributed by atoms with Crippen molar-refractivity contribution in [3.05, 3.63) is 71.7 Å². The van der Waals surface area contributed by atoms with Gasteiger partial charge in [0.05, 0.1) is 6.61 Å². The molecule has 3 aromatic rings. The molecule has 1 heterocycles. The largest absolute Gasteiger partial charge is 0.464 e. The van der Waals surface area contributed by atoms with E-state index in [-0.39, 0.29) is 12.5 Å². The van der Waals surface area contributed by atoms with E-state index in [9.17, 15) is 14.0 Å². The van der Waals surface area contributed by atoms with Crippen molar-refractivity contribution in [2.45, 2.75) is 19.4 Å². The topological polar surface area (TPSA) is 48.3 Å². The first-order chi connectivity index (χ1) is 12.2. The molecule has 0 saturated carbocycles. The van der Waals surface area contributed by atoms with Gasteiger partial charge in [0, 0.05) is 22.7 Å². The van der Waals surface area contributed by atoms with Crippen LogP contribution in [0.5, 0.6) is 0 Å². The van der Waals surface area contributed by atoms with E-state index in [0.29, 0.717) is 29.4 Å². The van der Waals surface area contributed by atoms with Crippen LogP contribution in [0.2, 0.25) is 0 Å². The van der Waals surface area contributed by atoms with Crippen molar-refractivity contribution >= 4 is 23.2 Å². The predicted molar refractivity (Wildman–Crippen MR) is 93.0 cm³/mol. The highest BCUT2D eigenvalue weighted by Gasteiger charge is 2.12. The molecule has 0 spiro atoms. The van der Waals surface area contributed by atoms with Gasteiger partial charge in [-0.25, -0.2) is 4.39 Å². The first-order valence-electron chi connectivity index (χ1n) is 8.10. The van der Waals surface area contributed by atoms with Crippen molar-refractivity contribution in [1.29, 1.82) is 0 Å². The number of esters is 1. The lowest BCUT2D eigenvalue weighted by atomic mass is 10.1. The number of carbonyl (C=O) groups is 2. The van der Waals surface area contributed by atoms with E-state index in [0.717, 1.165) is 12.8 Å². The maximum atomic E-state index is 13.4. The van der Waals surface area contributed by atoms with Gasteiger partial charge >= 0.3 is 5.97 Å². The number of ether oxygens (including phenoxy) is 1. The van der Waals surface area contributed by atoms with E-state index in [1.54, 1.807) is 16.8 Å². The smallest absolute Gasteiger partial charge is 0.325 e. The van der Waals surface area contributed by atoms with Gasteiger partial charge in [0.1, 0.15) is 12.4 Å². The van der Waals surface area contributed by atoms with E-state index in [1.165, 1.54) is 17.7 Å². The Balaban J connectivity index is 1.58. The molecule has 0 atom stereocenters. The van der Waals surface area contributed by atoms with Gasteiger partial charge in [0.25, 0.3) is 0 Å². The van der Waals surface area contributed by atoms with Crippen molar-refractivity contribution in [3.63, 3.8) is 0 Å². The number of benzene rings is 2. The second kappa shape index (κ2) is 7.75. The number of aromatic nitrogens is 1. The zero-order valence-corrected chi connectivity index (χ0v) is 13.7. The van der Waals surface area contributed by atoms with Crippen LogP contribution in [0.25, 0.3) is 10.9 Å². The van der Waals surface area contributed by atoms with E-state index in [2.05, 4.69) is 0 Å². The lowest BCUT2D eigenvalue weighted by Gasteiger charge is -2.07. The molecule has 128 valence electrons. The molecule has 0 saturated heterocycles. The van der Waals surface area contributed by atoms with Crippen molar-refractivity contribution in [3.8, 4) is 0 Å². The lowest BCUT2D eigenvalue weighted by molar-refractivity contribution is -0.144. The van der Waals surface area contributed by atoms with Crippen LogP contribution >= 0.6 is 0 Å². The molecule has 0 aliphatic carbocycles. The Morgan fingerprint density at radius 3 is 2.72 bits per heavy atom. The van der Waals surface area contributed by atoms with Gasteiger partial charge in [-0.05, 0) is 36.6 Å². The summed E-state index contributed by atoms with van der Waals surface area (Å²) < 4.78 is 20.2. The van der Waals surface area contributed by atoms with Gasteiger partial charge in [0.2, 0.25) is 0 Å². The fourth-order valence-electron chi connectivity index (χ4n) is 2.81. The average Bonchev–Trinajstić information content (AvgIpc) is 2.96. The van der Waals surface area contributed by atoms with Gasteiger partial charge in [-0.3, -0.25) is 9.59 Å². The number of aryl methyl sites for hydroxylation is 1. The summed E-state index contributed by atoms with van der Waals surface area (Å²) in [6.07, 6.45) is 3.79. The summed E-state index contributed by atoms with van der Waals surface area (Å²) in [6, 6.07) is 14.1. The average molecular weight is 339 g/mol. The van der Waals surface area contributed by atoms with Crippen molar-refractivity contribution in [2.75, 3.05) is 6.61 Å². The third-order valence-electron chi connectivity index (χ3n) is 4.02. The van der Waals surface area contributed by atoms with Gasteiger partial charge < -0.3 is 9.30 Å². The second-order valence-corrected chi connectivity index (χ2v) is 5.80. The minimum absolute atomic E-state index is 0.0126. The minimum Gasteiger partial charge on any atom is -0.464 e. The first kappa shape index (κ1) is 16.9. The van der Waals surface area contributed by atoms with Crippen LogP contribution in [-0.2, 0) is 22.5 Å². The molecule has 2 aromatic carbocycles. The van der Waals surface area contributed by atoms with Crippen LogP contribution in [0, 0.1) is 5.82 Å². The third-order valence-corrected chi connectivity index (χ3v) is 4.02. The monoisotopic (exact) mass is 339 g/mol. The number of nitrogens with zero attached hydrogens (tertiary/aromatic N) is 1. The molecule has 5 heteroatoms. The fourth-order valence-corrected chi connectivity index (χ4v) is 2.81. The minimum atomic E-state index is -0.420. The van der Waals surface area contributed by atoms with Gasteiger partial charge in [-0.15, -0.1) is 0 Å². The molecule has 1 aromatic heterocycles. The Morgan fingerprint density at radius 1 is 1.16 bits per heavy atom. The van der Waals surface area contributed by atoms with Crippen LogP contribution in [-0.4, -0.2) is 23.4 Å². The van der Waals surface area contributed by atoms with Crippen LogP contribution < -0.4 is 0 Å². The zero-order chi connectivity index (χ0) is 17.6. The summed E-state index contributed by atoms with van der Waals surface area (Å²) in [7, 11) is 0. The van der Waals surface area contributed by atoms with E-state index in [1.807, 2.05) is 30.3 Å². The summed E-state index contributed by atoms with van der Waals surface area (Å²) in [5, 5.41) is 0.492. The molecule has 0 aliphatic heterocycles. The Morgan fingerprint density at radius 2 is 1.96 bits per heavy atom. The summed E-state index contributed by atoms with van der Waals surface area (Å²) in [5.74, 6) is -0.802. The van der Waals surface area contributed by atoms with Crippen molar-refractivity contribution in [1.82, 2.24) is 4.57 Å². The molecular weight excluding hydrogens is 321 g/mol. The predicted octanol–water partition coefficient (Wildman–Crippen LogP) is 3.77. The maximum absolute atomic E-state index is 13.4. The Bertz CT molecular complexity index is 887. The molecule has 0 aliphatic rings. The summed E-state index contributed by atoms with van der Waals surface area (Å²) in [5.41, 5.74) is 2.18. The molecule has 0 unspecified atom stereocenters. The van der Waals surface area contributed by atoms with Crippen LogP contribution in [0.4, 0.5) is 4.39 Å². The number of hydrogen-bond acceptors (Lipinski definition) is 3. The standard InChI is InChI=1S/C20H18FNO3/c21-17-8-9-19-18(11-17)16(14-23)12-22(19)13-20(24)25-10-4-7-15-5-2-1-3-6-15/h1-3,5-6,8-9,11-12,14H,4,7,10,13H2. The Kier molecular flexibility index (Phi) is 5.23. The molecule has 0 radical (unpaired) electrons. The molecule has 0 N–H and O–H groups in total. The maximum Gasteiger partial charge on any atom is 0.325 e. The highest BCUT2D eigenvalue weighted by molar-refractivity contribution is 5.98. The normalized spacial score (nSPS) is 10.8. The SMILES string of the molecule is O=Cc1cn(CC(=O)OCCCc2ccccc2)c2ccc(F)cc12.